The number of unbranched alkanes of at least 4 members (excludes halogenated alkanes) is 1. The SMILES string of the molecule is CCCCN(Cc1cccn1C)C(=O)CN(C(=O)C(c1ccccc1)c1ccccc1)C(C)CC. The van der Waals surface area contributed by atoms with Crippen LogP contribution in [0.1, 0.15) is 62.8 Å². The summed E-state index contributed by atoms with van der Waals surface area (Å²) in [5.74, 6) is -0.483. The summed E-state index contributed by atoms with van der Waals surface area (Å²) in [5.41, 5.74) is 2.97. The van der Waals surface area contributed by atoms with Crippen molar-refractivity contribution >= 4 is 11.8 Å². The Kier molecular flexibility index (Phi) is 9.71. The summed E-state index contributed by atoms with van der Waals surface area (Å²) in [7, 11) is 2.00. The lowest BCUT2D eigenvalue weighted by atomic mass is 9.89. The Hall–Kier alpha value is -3.34. The Morgan fingerprint density at radius 3 is 1.97 bits per heavy atom. The van der Waals surface area contributed by atoms with Gasteiger partial charge in [0.05, 0.1) is 12.5 Å². The molecule has 2 aromatic carbocycles. The summed E-state index contributed by atoms with van der Waals surface area (Å²) < 4.78 is 2.05. The van der Waals surface area contributed by atoms with E-state index in [0.717, 1.165) is 36.1 Å². The van der Waals surface area contributed by atoms with Crippen molar-refractivity contribution in [2.45, 2.75) is 58.5 Å². The van der Waals surface area contributed by atoms with Crippen molar-refractivity contribution in [1.29, 1.82) is 0 Å². The van der Waals surface area contributed by atoms with E-state index < -0.39 is 5.92 Å². The van der Waals surface area contributed by atoms with Crippen LogP contribution in [0.15, 0.2) is 79.0 Å². The van der Waals surface area contributed by atoms with E-state index in [1.165, 1.54) is 0 Å². The molecule has 0 aliphatic heterocycles. The molecule has 0 saturated heterocycles. The second-order valence-electron chi connectivity index (χ2n) is 9.26. The molecule has 35 heavy (non-hydrogen) atoms. The number of hydrogen-bond donors (Lipinski definition) is 0. The van der Waals surface area contributed by atoms with Crippen LogP contribution in [0.25, 0.3) is 0 Å². The third-order valence-electron chi connectivity index (χ3n) is 6.76. The van der Waals surface area contributed by atoms with Crippen LogP contribution < -0.4 is 0 Å². The zero-order valence-electron chi connectivity index (χ0n) is 21.6. The number of carbonyl (C=O) groups excluding carboxylic acids is 2. The van der Waals surface area contributed by atoms with Gasteiger partial charge in [-0.2, -0.15) is 0 Å². The number of nitrogens with zero attached hydrogens (tertiary/aromatic N) is 3. The van der Waals surface area contributed by atoms with E-state index in [1.54, 1.807) is 4.90 Å². The Labute approximate surface area is 210 Å². The van der Waals surface area contributed by atoms with Gasteiger partial charge >= 0.3 is 0 Å². The lowest BCUT2D eigenvalue weighted by Gasteiger charge is -2.34. The maximum Gasteiger partial charge on any atom is 0.242 e. The first-order valence-electron chi connectivity index (χ1n) is 12.7. The predicted molar refractivity (Wildman–Crippen MR) is 142 cm³/mol. The second-order valence-corrected chi connectivity index (χ2v) is 9.26. The van der Waals surface area contributed by atoms with Gasteiger partial charge in [-0.05, 0) is 43.0 Å². The lowest BCUT2D eigenvalue weighted by molar-refractivity contribution is -0.143. The third kappa shape index (κ3) is 6.84. The summed E-state index contributed by atoms with van der Waals surface area (Å²) in [4.78, 5) is 31.5. The highest BCUT2D eigenvalue weighted by atomic mass is 16.2. The number of rotatable bonds is 12. The molecule has 0 radical (unpaired) electrons. The monoisotopic (exact) mass is 473 g/mol. The van der Waals surface area contributed by atoms with Gasteiger partial charge in [-0.25, -0.2) is 0 Å². The van der Waals surface area contributed by atoms with Crippen LogP contribution in [0, 0.1) is 0 Å². The van der Waals surface area contributed by atoms with Gasteiger partial charge in [0.1, 0.15) is 6.54 Å². The topological polar surface area (TPSA) is 45.6 Å². The van der Waals surface area contributed by atoms with Crippen molar-refractivity contribution in [3.05, 3.63) is 95.8 Å². The first-order chi connectivity index (χ1) is 17.0. The van der Waals surface area contributed by atoms with E-state index in [2.05, 4.69) is 13.8 Å². The van der Waals surface area contributed by atoms with E-state index in [1.807, 2.05) is 102 Å². The molecule has 1 heterocycles. The molecule has 1 aromatic heterocycles. The zero-order valence-corrected chi connectivity index (χ0v) is 21.6. The van der Waals surface area contributed by atoms with E-state index >= 15 is 0 Å². The van der Waals surface area contributed by atoms with Gasteiger partial charge in [0.15, 0.2) is 0 Å². The van der Waals surface area contributed by atoms with E-state index in [0.29, 0.717) is 13.1 Å². The first-order valence-corrected chi connectivity index (χ1v) is 12.7. The summed E-state index contributed by atoms with van der Waals surface area (Å²) in [6.07, 6.45) is 4.72. The predicted octanol–water partition coefficient (Wildman–Crippen LogP) is 5.61. The Balaban J connectivity index is 1.90. The number of aromatic nitrogens is 1. The van der Waals surface area contributed by atoms with Crippen LogP contribution in [0.4, 0.5) is 0 Å². The highest BCUT2D eigenvalue weighted by molar-refractivity contribution is 5.91. The summed E-state index contributed by atoms with van der Waals surface area (Å²) >= 11 is 0. The highest BCUT2D eigenvalue weighted by Gasteiger charge is 2.32. The molecule has 1 atom stereocenters. The molecular weight excluding hydrogens is 434 g/mol. The summed E-state index contributed by atoms with van der Waals surface area (Å²) in [6, 6.07) is 23.7. The van der Waals surface area contributed by atoms with Crippen molar-refractivity contribution < 1.29 is 9.59 Å². The van der Waals surface area contributed by atoms with Crippen LogP contribution in [-0.2, 0) is 23.2 Å². The minimum Gasteiger partial charge on any atom is -0.353 e. The van der Waals surface area contributed by atoms with Crippen LogP contribution in [0.2, 0.25) is 0 Å². The van der Waals surface area contributed by atoms with Gasteiger partial charge in [-0.3, -0.25) is 9.59 Å². The van der Waals surface area contributed by atoms with Crippen molar-refractivity contribution in [2.75, 3.05) is 13.1 Å². The number of hydrogen-bond acceptors (Lipinski definition) is 2. The maximum atomic E-state index is 14.1. The van der Waals surface area contributed by atoms with Crippen LogP contribution in [0.3, 0.4) is 0 Å². The molecule has 2 amide bonds. The molecule has 0 aliphatic rings. The van der Waals surface area contributed by atoms with Gasteiger partial charge in [0.2, 0.25) is 11.8 Å². The average Bonchev–Trinajstić information content (AvgIpc) is 3.29. The van der Waals surface area contributed by atoms with Gasteiger partial charge in [-0.15, -0.1) is 0 Å². The second kappa shape index (κ2) is 12.9. The molecule has 186 valence electrons. The standard InChI is InChI=1S/C30H39N3O2/c1-5-7-21-32(22-27-19-14-20-31(27)4)28(34)23-33(24(3)6-2)30(35)29(25-15-10-8-11-16-25)26-17-12-9-13-18-26/h8-20,24,29H,5-7,21-23H2,1-4H3. The fourth-order valence-electron chi connectivity index (χ4n) is 4.35. The molecule has 0 saturated carbocycles. The van der Waals surface area contributed by atoms with Crippen molar-refractivity contribution in [2.24, 2.45) is 7.05 Å². The molecule has 0 aliphatic carbocycles. The smallest absolute Gasteiger partial charge is 0.242 e. The van der Waals surface area contributed by atoms with Gasteiger partial charge in [0.25, 0.3) is 0 Å². The molecule has 1 unspecified atom stereocenters. The molecule has 0 bridgehead atoms. The summed E-state index contributed by atoms with van der Waals surface area (Å²) in [6.45, 7) is 7.54. The molecule has 3 rings (SSSR count). The minimum absolute atomic E-state index is 0.00632. The quantitative estimate of drug-likeness (QED) is 0.343. The normalized spacial score (nSPS) is 11.9. The van der Waals surface area contributed by atoms with Crippen molar-refractivity contribution in [3.8, 4) is 0 Å². The minimum atomic E-state index is -0.448. The van der Waals surface area contributed by atoms with Gasteiger partial charge < -0.3 is 14.4 Å². The lowest BCUT2D eigenvalue weighted by Crippen LogP contribution is -2.48. The Morgan fingerprint density at radius 2 is 1.49 bits per heavy atom. The molecule has 5 heteroatoms. The Bertz CT molecular complexity index is 1020. The van der Waals surface area contributed by atoms with Gasteiger partial charge in [-0.1, -0.05) is 80.9 Å². The van der Waals surface area contributed by atoms with Crippen LogP contribution in [0.5, 0.6) is 0 Å². The van der Waals surface area contributed by atoms with Crippen molar-refractivity contribution in [1.82, 2.24) is 14.4 Å². The molecule has 0 spiro atoms. The largest absolute Gasteiger partial charge is 0.353 e. The zero-order chi connectivity index (χ0) is 25.2. The third-order valence-corrected chi connectivity index (χ3v) is 6.76. The fourth-order valence-corrected chi connectivity index (χ4v) is 4.35. The molecular formula is C30H39N3O2. The first kappa shape index (κ1) is 26.3. The Morgan fingerprint density at radius 1 is 0.886 bits per heavy atom. The van der Waals surface area contributed by atoms with Crippen LogP contribution in [-0.4, -0.2) is 45.3 Å². The van der Waals surface area contributed by atoms with E-state index in [9.17, 15) is 9.59 Å². The maximum absolute atomic E-state index is 14.1. The van der Waals surface area contributed by atoms with Gasteiger partial charge in [0, 0.05) is 31.5 Å². The fraction of sp³-hybridized carbons (Fsp3) is 0.400. The van der Waals surface area contributed by atoms with Crippen molar-refractivity contribution in [3.63, 3.8) is 0 Å². The van der Waals surface area contributed by atoms with E-state index in [-0.39, 0.29) is 24.4 Å². The molecule has 3 aromatic rings. The highest BCUT2D eigenvalue weighted by Crippen LogP contribution is 2.28. The molecule has 5 nitrogen and oxygen atoms in total. The number of amides is 2. The number of benzene rings is 2. The number of carbonyl (C=O) groups is 2. The number of aryl methyl sites for hydroxylation is 1. The average molecular weight is 474 g/mol. The van der Waals surface area contributed by atoms with E-state index in [4.69, 9.17) is 0 Å². The van der Waals surface area contributed by atoms with Crippen LogP contribution >= 0.6 is 0 Å². The molecule has 0 fully saturated rings. The molecule has 0 N–H and O–H groups in total. The summed E-state index contributed by atoms with van der Waals surface area (Å²) in [5, 5.41) is 0.